The minimum atomic E-state index is -0.952. The number of hydrogen-bond donors (Lipinski definition) is 1. The molecule has 0 aliphatic heterocycles. The van der Waals surface area contributed by atoms with Crippen molar-refractivity contribution in [3.05, 3.63) is 15.6 Å². The fraction of sp³-hybridized carbons (Fsp3) is 0.667. The molecule has 4 nitrogen and oxygen atoms in total. The summed E-state index contributed by atoms with van der Waals surface area (Å²) in [6, 6.07) is 0. The number of carboxylic acid groups (broad SMARTS) is 1. The van der Waals surface area contributed by atoms with Crippen molar-refractivity contribution in [3.8, 4) is 0 Å². The van der Waals surface area contributed by atoms with Gasteiger partial charge in [0.15, 0.2) is 5.69 Å². The van der Waals surface area contributed by atoms with Crippen LogP contribution in [-0.4, -0.2) is 23.2 Å². The highest BCUT2D eigenvalue weighted by Gasteiger charge is 2.37. The van der Waals surface area contributed by atoms with Gasteiger partial charge in [0, 0.05) is 12.0 Å². The molecule has 1 aliphatic carbocycles. The zero-order valence-electron chi connectivity index (χ0n) is 10.2. The molecule has 1 fully saturated rings. The monoisotopic (exact) mass is 255 g/mol. The van der Waals surface area contributed by atoms with Gasteiger partial charge in [0.2, 0.25) is 0 Å². The first-order valence-corrected chi connectivity index (χ1v) is 6.67. The van der Waals surface area contributed by atoms with Crippen LogP contribution in [0.1, 0.15) is 52.5 Å². The van der Waals surface area contributed by atoms with Crippen LogP contribution in [0.25, 0.3) is 0 Å². The number of carboxylic acids is 1. The molecule has 0 unspecified atom stereocenters. The molecule has 94 valence electrons. The number of rotatable bonds is 3. The topological polar surface area (TPSA) is 59.4 Å². The Kier molecular flexibility index (Phi) is 3.49. The van der Waals surface area contributed by atoms with Crippen molar-refractivity contribution in [1.82, 2.24) is 4.98 Å². The minimum Gasteiger partial charge on any atom is -0.476 e. The highest BCUT2D eigenvalue weighted by atomic mass is 32.1. The number of ether oxygens (including phenoxy) is 1. The van der Waals surface area contributed by atoms with E-state index in [0.717, 1.165) is 35.6 Å². The maximum absolute atomic E-state index is 11.0. The summed E-state index contributed by atoms with van der Waals surface area (Å²) in [5.74, 6) is -0.952. The zero-order chi connectivity index (χ0) is 12.5. The standard InChI is InChI=1S/C12H17NO3S/c1-8-9(10(14)15)13-11(17-8)12(16-2)6-4-3-5-7-12/h3-7H2,1-2H3,(H,14,15). The van der Waals surface area contributed by atoms with Crippen LogP contribution in [0.3, 0.4) is 0 Å². The lowest BCUT2D eigenvalue weighted by atomic mass is 9.85. The summed E-state index contributed by atoms with van der Waals surface area (Å²) in [6.07, 6.45) is 5.34. The summed E-state index contributed by atoms with van der Waals surface area (Å²) >= 11 is 1.46. The first kappa shape index (κ1) is 12.5. The molecular weight excluding hydrogens is 238 g/mol. The van der Waals surface area contributed by atoms with Gasteiger partial charge in [-0.1, -0.05) is 19.3 Å². The number of nitrogens with zero attached hydrogens (tertiary/aromatic N) is 1. The van der Waals surface area contributed by atoms with Gasteiger partial charge in [-0.05, 0) is 19.8 Å². The van der Waals surface area contributed by atoms with Crippen molar-refractivity contribution in [3.63, 3.8) is 0 Å². The molecule has 0 atom stereocenters. The van der Waals surface area contributed by atoms with Crippen molar-refractivity contribution in [2.75, 3.05) is 7.11 Å². The summed E-state index contributed by atoms with van der Waals surface area (Å²) in [7, 11) is 1.70. The third-order valence-corrected chi connectivity index (χ3v) is 4.60. The van der Waals surface area contributed by atoms with Crippen molar-refractivity contribution in [2.45, 2.75) is 44.6 Å². The Bertz CT molecular complexity index is 421. The lowest BCUT2D eigenvalue weighted by molar-refractivity contribution is -0.0446. The van der Waals surface area contributed by atoms with Gasteiger partial charge < -0.3 is 9.84 Å². The van der Waals surface area contributed by atoms with Gasteiger partial charge in [0.05, 0.1) is 0 Å². The molecule has 1 aromatic rings. The van der Waals surface area contributed by atoms with E-state index in [1.165, 1.54) is 17.8 Å². The quantitative estimate of drug-likeness (QED) is 0.902. The highest BCUT2D eigenvalue weighted by molar-refractivity contribution is 7.12. The smallest absolute Gasteiger partial charge is 0.355 e. The van der Waals surface area contributed by atoms with E-state index in [1.54, 1.807) is 14.0 Å². The van der Waals surface area contributed by atoms with Gasteiger partial charge in [-0.15, -0.1) is 11.3 Å². The summed E-state index contributed by atoms with van der Waals surface area (Å²) in [4.78, 5) is 16.0. The predicted molar refractivity (Wildman–Crippen MR) is 65.6 cm³/mol. The number of aromatic nitrogens is 1. The van der Waals surface area contributed by atoms with Crippen molar-refractivity contribution in [1.29, 1.82) is 0 Å². The lowest BCUT2D eigenvalue weighted by Crippen LogP contribution is -2.31. The summed E-state index contributed by atoms with van der Waals surface area (Å²) in [5, 5.41) is 9.87. The van der Waals surface area contributed by atoms with Crippen LogP contribution in [0.5, 0.6) is 0 Å². The van der Waals surface area contributed by atoms with Gasteiger partial charge in [-0.25, -0.2) is 9.78 Å². The van der Waals surface area contributed by atoms with Gasteiger partial charge in [-0.2, -0.15) is 0 Å². The maximum atomic E-state index is 11.0. The van der Waals surface area contributed by atoms with Gasteiger partial charge in [-0.3, -0.25) is 0 Å². The molecule has 0 bridgehead atoms. The van der Waals surface area contributed by atoms with Crippen LogP contribution in [0.4, 0.5) is 0 Å². The second-order valence-electron chi connectivity index (χ2n) is 4.49. The Hall–Kier alpha value is -0.940. The second kappa shape index (κ2) is 4.74. The Balaban J connectivity index is 2.37. The van der Waals surface area contributed by atoms with Crippen molar-refractivity contribution < 1.29 is 14.6 Å². The fourth-order valence-electron chi connectivity index (χ4n) is 2.42. The third kappa shape index (κ3) is 2.21. The molecule has 1 aliphatic rings. The van der Waals surface area contributed by atoms with Crippen LogP contribution in [0.2, 0.25) is 0 Å². The molecule has 0 radical (unpaired) electrons. The average molecular weight is 255 g/mol. The SMILES string of the molecule is COC1(c2nc(C(=O)O)c(C)s2)CCCCC1. The number of methoxy groups -OCH3 is 1. The number of carbonyl (C=O) groups is 1. The third-order valence-electron chi connectivity index (χ3n) is 3.44. The number of aryl methyl sites for hydroxylation is 1. The number of aromatic carboxylic acids is 1. The number of hydrogen-bond acceptors (Lipinski definition) is 4. The first-order chi connectivity index (χ1) is 8.09. The summed E-state index contributed by atoms with van der Waals surface area (Å²) < 4.78 is 5.67. The van der Waals surface area contributed by atoms with Crippen molar-refractivity contribution in [2.24, 2.45) is 0 Å². The first-order valence-electron chi connectivity index (χ1n) is 5.85. The van der Waals surface area contributed by atoms with Crippen LogP contribution < -0.4 is 0 Å². The maximum Gasteiger partial charge on any atom is 0.355 e. The van der Waals surface area contributed by atoms with Crippen LogP contribution >= 0.6 is 11.3 Å². The Labute approximate surface area is 105 Å². The highest BCUT2D eigenvalue weighted by Crippen LogP contribution is 2.42. The van der Waals surface area contributed by atoms with Crippen LogP contribution in [0.15, 0.2) is 0 Å². The molecule has 0 saturated heterocycles. The molecule has 1 saturated carbocycles. The molecule has 0 spiro atoms. The zero-order valence-corrected chi connectivity index (χ0v) is 11.0. The molecule has 1 N–H and O–H groups in total. The van der Waals surface area contributed by atoms with E-state index in [0.29, 0.717) is 0 Å². The Morgan fingerprint density at radius 2 is 2.06 bits per heavy atom. The number of thiazole rings is 1. The van der Waals surface area contributed by atoms with Gasteiger partial charge >= 0.3 is 5.97 Å². The van der Waals surface area contributed by atoms with E-state index in [4.69, 9.17) is 9.84 Å². The molecule has 5 heteroatoms. The molecule has 2 rings (SSSR count). The van der Waals surface area contributed by atoms with Crippen LogP contribution in [-0.2, 0) is 10.3 Å². The minimum absolute atomic E-state index is 0.173. The molecule has 17 heavy (non-hydrogen) atoms. The van der Waals surface area contributed by atoms with E-state index < -0.39 is 5.97 Å². The Morgan fingerprint density at radius 3 is 2.53 bits per heavy atom. The average Bonchev–Trinajstić information content (AvgIpc) is 2.73. The molecule has 0 aromatic carbocycles. The van der Waals surface area contributed by atoms with Gasteiger partial charge in [0.25, 0.3) is 0 Å². The van der Waals surface area contributed by atoms with E-state index in [9.17, 15) is 4.79 Å². The fourth-order valence-corrected chi connectivity index (χ4v) is 3.55. The summed E-state index contributed by atoms with van der Waals surface area (Å²) in [6.45, 7) is 1.80. The van der Waals surface area contributed by atoms with Gasteiger partial charge in [0.1, 0.15) is 10.6 Å². The molecule has 1 heterocycles. The second-order valence-corrected chi connectivity index (χ2v) is 5.69. The largest absolute Gasteiger partial charge is 0.476 e. The van der Waals surface area contributed by atoms with E-state index in [-0.39, 0.29) is 11.3 Å². The molecular formula is C12H17NO3S. The van der Waals surface area contributed by atoms with Crippen LogP contribution in [0, 0.1) is 6.92 Å². The molecule has 0 amide bonds. The van der Waals surface area contributed by atoms with E-state index in [2.05, 4.69) is 4.98 Å². The molecule has 1 aromatic heterocycles. The van der Waals surface area contributed by atoms with E-state index >= 15 is 0 Å². The Morgan fingerprint density at radius 1 is 1.41 bits per heavy atom. The van der Waals surface area contributed by atoms with Crippen molar-refractivity contribution >= 4 is 17.3 Å². The lowest BCUT2D eigenvalue weighted by Gasteiger charge is -2.34. The normalized spacial score (nSPS) is 19.2. The summed E-state index contributed by atoms with van der Waals surface area (Å²) in [5.41, 5.74) is -0.173. The van der Waals surface area contributed by atoms with E-state index in [1.807, 2.05) is 0 Å². The predicted octanol–water partition coefficient (Wildman–Crippen LogP) is 2.96.